The number of H-pyrrole nitrogens is 1. The number of nitrogens with zero attached hydrogens (tertiary/aromatic N) is 3. The first kappa shape index (κ1) is 14.6. The number of nitrogens with one attached hydrogen (secondary N) is 1. The Balaban J connectivity index is 1.68. The van der Waals surface area contributed by atoms with Crippen LogP contribution in [0.3, 0.4) is 0 Å². The monoisotopic (exact) mass is 308 g/mol. The van der Waals surface area contributed by atoms with Gasteiger partial charge in [-0.3, -0.25) is 19.6 Å². The molecule has 0 radical (unpaired) electrons. The average Bonchev–Trinajstić information content (AvgIpc) is 3.06. The van der Waals surface area contributed by atoms with Crippen molar-refractivity contribution in [2.75, 3.05) is 11.4 Å². The van der Waals surface area contributed by atoms with Crippen molar-refractivity contribution in [1.29, 1.82) is 0 Å². The number of hydrogen-bond donors (Lipinski definition) is 1. The van der Waals surface area contributed by atoms with E-state index in [2.05, 4.69) is 15.2 Å². The Morgan fingerprint density at radius 3 is 2.81 bits per heavy atom. The third-order valence-corrected chi connectivity index (χ3v) is 5.13. The summed E-state index contributed by atoms with van der Waals surface area (Å²) in [5, 5.41) is 7.28. The van der Waals surface area contributed by atoms with Gasteiger partial charge in [0.2, 0.25) is 5.91 Å². The van der Waals surface area contributed by atoms with Gasteiger partial charge >= 0.3 is 0 Å². The van der Waals surface area contributed by atoms with E-state index in [1.54, 1.807) is 4.90 Å². The first-order chi connectivity index (χ1) is 10.1. The summed E-state index contributed by atoms with van der Waals surface area (Å²) in [7, 11) is 0. The third-order valence-electron chi connectivity index (χ3n) is 4.15. The van der Waals surface area contributed by atoms with Crippen LogP contribution in [-0.4, -0.2) is 38.0 Å². The zero-order valence-corrected chi connectivity index (χ0v) is 13.0. The largest absolute Gasteiger partial charge is 0.288 e. The van der Waals surface area contributed by atoms with E-state index >= 15 is 0 Å². The molecule has 21 heavy (non-hydrogen) atoms. The number of carbonyl (C=O) groups excluding carboxylic acids is 2. The number of aromatic nitrogens is 3. The first-order valence-electron chi connectivity index (χ1n) is 7.53. The number of carbonyl (C=O) groups is 2. The van der Waals surface area contributed by atoms with Crippen LogP contribution in [-0.2, 0) is 9.59 Å². The second kappa shape index (κ2) is 6.17. The molecule has 1 N–H and O–H groups in total. The van der Waals surface area contributed by atoms with Gasteiger partial charge < -0.3 is 0 Å². The van der Waals surface area contributed by atoms with Crippen LogP contribution in [0.1, 0.15) is 57.2 Å². The molecule has 1 saturated heterocycles. The highest BCUT2D eigenvalue weighted by Gasteiger charge is 2.34. The van der Waals surface area contributed by atoms with Crippen LogP contribution in [0.2, 0.25) is 0 Å². The maximum absolute atomic E-state index is 12.1. The number of hydrogen-bond acceptors (Lipinski definition) is 5. The third kappa shape index (κ3) is 3.28. The van der Waals surface area contributed by atoms with Gasteiger partial charge in [-0.1, -0.05) is 31.0 Å². The quantitative estimate of drug-likeness (QED) is 0.926. The zero-order chi connectivity index (χ0) is 14.8. The normalized spacial score (nSPS) is 23.8. The molecule has 1 aromatic rings. The Bertz CT molecular complexity index is 539. The average molecular weight is 308 g/mol. The van der Waals surface area contributed by atoms with Gasteiger partial charge in [-0.2, -0.15) is 4.98 Å². The van der Waals surface area contributed by atoms with Crippen molar-refractivity contribution in [2.45, 2.75) is 56.6 Å². The first-order valence-corrected chi connectivity index (χ1v) is 8.41. The van der Waals surface area contributed by atoms with Gasteiger partial charge in [0.15, 0.2) is 5.12 Å². The fraction of sp³-hybridized carbons (Fsp3) is 0.714. The van der Waals surface area contributed by atoms with Crippen molar-refractivity contribution in [1.82, 2.24) is 15.2 Å². The minimum atomic E-state index is 0.00273. The lowest BCUT2D eigenvalue weighted by Gasteiger charge is -2.18. The zero-order valence-electron chi connectivity index (χ0n) is 12.2. The smallest absolute Gasteiger partial charge is 0.251 e. The molecule has 1 saturated carbocycles. The highest BCUT2D eigenvalue weighted by molar-refractivity contribution is 8.14. The highest BCUT2D eigenvalue weighted by atomic mass is 32.2. The number of aromatic amines is 1. The summed E-state index contributed by atoms with van der Waals surface area (Å²) >= 11 is 1.23. The van der Waals surface area contributed by atoms with Crippen molar-refractivity contribution in [3.05, 3.63) is 5.82 Å². The van der Waals surface area contributed by atoms with Gasteiger partial charge in [-0.05, 0) is 12.8 Å². The van der Waals surface area contributed by atoms with Crippen LogP contribution < -0.4 is 4.90 Å². The number of thioether (sulfide) groups is 1. The molecule has 7 heteroatoms. The van der Waals surface area contributed by atoms with Crippen LogP contribution in [0.5, 0.6) is 0 Å². The van der Waals surface area contributed by atoms with Crippen molar-refractivity contribution in [3.63, 3.8) is 0 Å². The lowest BCUT2D eigenvalue weighted by molar-refractivity contribution is -0.117. The van der Waals surface area contributed by atoms with Gasteiger partial charge in [0.25, 0.3) is 5.95 Å². The molecule has 1 amide bonds. The lowest BCUT2D eigenvalue weighted by atomic mass is 9.89. The molecule has 114 valence electrons. The number of anilines is 1. The molecule has 0 aromatic carbocycles. The van der Waals surface area contributed by atoms with Crippen LogP contribution in [0.25, 0.3) is 0 Å². The van der Waals surface area contributed by atoms with E-state index in [1.807, 2.05) is 0 Å². The molecular formula is C14H20N4O2S. The Hall–Kier alpha value is -1.37. The predicted molar refractivity (Wildman–Crippen MR) is 81.2 cm³/mol. The standard InChI is InChI=1S/C14H20N4O2S/c1-9(19)21-11-7-12(20)18(8-11)14-15-13(16-17-14)10-5-3-2-4-6-10/h10-11H,2-8H2,1H3,(H,15,16,17). The van der Waals surface area contributed by atoms with Crippen LogP contribution in [0.4, 0.5) is 5.95 Å². The fourth-order valence-electron chi connectivity index (χ4n) is 3.13. The molecule has 1 aromatic heterocycles. The predicted octanol–water partition coefficient (Wildman–Crippen LogP) is 2.24. The maximum atomic E-state index is 12.1. The summed E-state index contributed by atoms with van der Waals surface area (Å²) in [5.41, 5.74) is 0. The second-order valence-corrected chi connectivity index (χ2v) is 7.27. The second-order valence-electron chi connectivity index (χ2n) is 5.80. The van der Waals surface area contributed by atoms with E-state index in [1.165, 1.54) is 37.9 Å². The van der Waals surface area contributed by atoms with Gasteiger partial charge in [0.05, 0.1) is 0 Å². The Morgan fingerprint density at radius 1 is 1.33 bits per heavy atom. The Kier molecular flexibility index (Phi) is 4.28. The van der Waals surface area contributed by atoms with Crippen molar-refractivity contribution >= 4 is 28.7 Å². The molecule has 2 fully saturated rings. The van der Waals surface area contributed by atoms with E-state index in [-0.39, 0.29) is 16.3 Å². The van der Waals surface area contributed by atoms with Crippen molar-refractivity contribution in [3.8, 4) is 0 Å². The Morgan fingerprint density at radius 2 is 2.10 bits per heavy atom. The molecule has 1 aliphatic carbocycles. The van der Waals surface area contributed by atoms with Crippen molar-refractivity contribution < 1.29 is 9.59 Å². The molecule has 1 unspecified atom stereocenters. The minimum absolute atomic E-state index is 0.00273. The summed E-state index contributed by atoms with van der Waals surface area (Å²) in [5.74, 6) is 1.82. The SMILES string of the molecule is CC(=O)SC1CC(=O)N(c2n[nH]c(C3CCCCC3)n2)C1. The minimum Gasteiger partial charge on any atom is -0.288 e. The Labute approximate surface area is 128 Å². The number of rotatable bonds is 3. The fourth-order valence-corrected chi connectivity index (χ4v) is 4.05. The summed E-state index contributed by atoms with van der Waals surface area (Å²) < 4.78 is 0. The lowest BCUT2D eigenvalue weighted by Crippen LogP contribution is -2.26. The molecule has 1 atom stereocenters. The van der Waals surface area contributed by atoms with Gasteiger partial charge in [-0.25, -0.2) is 0 Å². The summed E-state index contributed by atoms with van der Waals surface area (Å²) in [6.07, 6.45) is 6.45. The topological polar surface area (TPSA) is 79.0 Å². The van der Waals surface area contributed by atoms with E-state index in [0.29, 0.717) is 24.8 Å². The van der Waals surface area contributed by atoms with Gasteiger partial charge in [-0.15, -0.1) is 5.10 Å². The van der Waals surface area contributed by atoms with Gasteiger partial charge in [0.1, 0.15) is 5.82 Å². The van der Waals surface area contributed by atoms with Gasteiger partial charge in [0, 0.05) is 31.1 Å². The van der Waals surface area contributed by atoms with Crippen molar-refractivity contribution in [2.24, 2.45) is 0 Å². The summed E-state index contributed by atoms with van der Waals surface area (Å²) in [6, 6.07) is 0. The van der Waals surface area contributed by atoms with E-state index < -0.39 is 0 Å². The van der Waals surface area contributed by atoms with Crippen LogP contribution in [0, 0.1) is 0 Å². The summed E-state index contributed by atoms with van der Waals surface area (Å²) in [4.78, 5) is 29.3. The van der Waals surface area contributed by atoms with E-state index in [4.69, 9.17) is 0 Å². The summed E-state index contributed by atoms with van der Waals surface area (Å²) in [6.45, 7) is 2.05. The van der Waals surface area contributed by atoms with Crippen LogP contribution >= 0.6 is 11.8 Å². The molecular weight excluding hydrogens is 288 g/mol. The molecule has 3 rings (SSSR count). The molecule has 1 aliphatic heterocycles. The maximum Gasteiger partial charge on any atom is 0.251 e. The van der Waals surface area contributed by atoms with Crippen LogP contribution in [0.15, 0.2) is 0 Å². The van der Waals surface area contributed by atoms with E-state index in [9.17, 15) is 9.59 Å². The van der Waals surface area contributed by atoms with E-state index in [0.717, 1.165) is 18.7 Å². The highest BCUT2D eigenvalue weighted by Crippen LogP contribution is 2.32. The molecule has 0 bridgehead atoms. The molecule has 2 aliphatic rings. The molecule has 6 nitrogen and oxygen atoms in total. The molecule has 0 spiro atoms. The number of amides is 1. The molecule has 2 heterocycles.